The first-order valence-electron chi connectivity index (χ1n) is 14.6. The Balaban J connectivity index is 1.59. The number of anilines is 1. The van der Waals surface area contributed by atoms with Gasteiger partial charge in [-0.2, -0.15) is 0 Å². The molecule has 1 aliphatic heterocycles. The minimum atomic E-state index is 0.169. The summed E-state index contributed by atoms with van der Waals surface area (Å²) in [5.41, 5.74) is 9.17. The zero-order valence-electron chi connectivity index (χ0n) is 24.1. The molecule has 1 aliphatic carbocycles. The highest BCUT2D eigenvalue weighted by molar-refractivity contribution is 5.68. The third-order valence-electron chi connectivity index (χ3n) is 8.41. The Morgan fingerprint density at radius 2 is 1.63 bits per heavy atom. The molecular formula is C33H44N4O. The quantitative estimate of drug-likeness (QED) is 0.352. The topological polar surface area (TPSA) is 41.5 Å². The van der Waals surface area contributed by atoms with E-state index in [-0.39, 0.29) is 12.2 Å². The fourth-order valence-electron chi connectivity index (χ4n) is 6.57. The molecule has 0 bridgehead atoms. The normalized spacial score (nSPS) is 21.6. The van der Waals surface area contributed by atoms with Crippen LogP contribution in [0, 0.1) is 6.92 Å². The molecule has 5 heteroatoms. The van der Waals surface area contributed by atoms with Gasteiger partial charge in [-0.05, 0) is 82.2 Å². The first-order valence-corrected chi connectivity index (χ1v) is 14.6. The van der Waals surface area contributed by atoms with Crippen molar-refractivity contribution in [3.63, 3.8) is 0 Å². The predicted octanol–water partition coefficient (Wildman–Crippen LogP) is 6.70. The molecule has 1 aromatic heterocycles. The van der Waals surface area contributed by atoms with E-state index in [9.17, 15) is 0 Å². The van der Waals surface area contributed by atoms with E-state index in [2.05, 4.69) is 93.9 Å². The van der Waals surface area contributed by atoms with Gasteiger partial charge in [0.1, 0.15) is 5.82 Å². The smallest absolute Gasteiger partial charge is 0.162 e. The van der Waals surface area contributed by atoms with Crippen LogP contribution in [0.15, 0.2) is 42.5 Å². The summed E-state index contributed by atoms with van der Waals surface area (Å²) in [4.78, 5) is 15.6. The third kappa shape index (κ3) is 5.37. The molecule has 0 spiro atoms. The number of aryl methyl sites for hydroxylation is 4. The molecule has 3 atom stereocenters. The highest BCUT2D eigenvalue weighted by Crippen LogP contribution is 2.37. The standard InChI is InChI=1S/C33H44N4O/c1-7-25-14-11-15-26(8-2)31(25)32-34-24(5)29(33(35-32)37-19-22(3)38-23(4)20-37)21-36(6)30-18-12-16-27-13-9-10-17-28(27)30/h9-11,13-15,17,22-23,30H,7-8,12,16,18-21H2,1-6H3/t22?,23?,30-/m0/s1. The minimum Gasteiger partial charge on any atom is -0.372 e. The second-order valence-corrected chi connectivity index (χ2v) is 11.3. The molecule has 1 fully saturated rings. The van der Waals surface area contributed by atoms with E-state index in [4.69, 9.17) is 14.7 Å². The van der Waals surface area contributed by atoms with Crippen molar-refractivity contribution in [2.45, 2.75) is 91.5 Å². The molecule has 5 nitrogen and oxygen atoms in total. The molecule has 1 saturated heterocycles. The lowest BCUT2D eigenvalue weighted by molar-refractivity contribution is -0.00555. The molecule has 38 heavy (non-hydrogen) atoms. The minimum absolute atomic E-state index is 0.169. The molecule has 0 amide bonds. The lowest BCUT2D eigenvalue weighted by Crippen LogP contribution is -2.46. The molecule has 0 radical (unpaired) electrons. The van der Waals surface area contributed by atoms with Crippen LogP contribution in [0.1, 0.15) is 80.1 Å². The van der Waals surface area contributed by atoms with E-state index in [1.807, 2.05) is 0 Å². The summed E-state index contributed by atoms with van der Waals surface area (Å²) in [6.07, 6.45) is 5.89. The number of nitrogens with zero attached hydrogens (tertiary/aromatic N) is 4. The van der Waals surface area contributed by atoms with Crippen molar-refractivity contribution in [3.05, 3.63) is 76.0 Å². The van der Waals surface area contributed by atoms with Gasteiger partial charge in [-0.25, -0.2) is 9.97 Å². The van der Waals surface area contributed by atoms with E-state index in [0.29, 0.717) is 6.04 Å². The van der Waals surface area contributed by atoms with Gasteiger partial charge in [-0.3, -0.25) is 4.90 Å². The van der Waals surface area contributed by atoms with Crippen LogP contribution in [-0.4, -0.2) is 47.2 Å². The number of benzene rings is 2. The van der Waals surface area contributed by atoms with Crippen molar-refractivity contribution >= 4 is 5.82 Å². The van der Waals surface area contributed by atoms with E-state index in [0.717, 1.165) is 49.8 Å². The zero-order valence-corrected chi connectivity index (χ0v) is 24.1. The van der Waals surface area contributed by atoms with Gasteiger partial charge in [0.05, 0.1) is 12.2 Å². The fraction of sp³-hybridized carbons (Fsp3) is 0.515. The van der Waals surface area contributed by atoms with Gasteiger partial charge in [-0.15, -0.1) is 0 Å². The molecule has 2 unspecified atom stereocenters. The summed E-state index contributed by atoms with van der Waals surface area (Å²) < 4.78 is 6.12. The van der Waals surface area contributed by atoms with Crippen LogP contribution in [0.4, 0.5) is 5.82 Å². The van der Waals surface area contributed by atoms with Crippen LogP contribution >= 0.6 is 0 Å². The lowest BCUT2D eigenvalue weighted by atomic mass is 9.87. The highest BCUT2D eigenvalue weighted by Gasteiger charge is 2.30. The molecule has 2 heterocycles. The van der Waals surface area contributed by atoms with Gasteiger partial charge in [0.2, 0.25) is 0 Å². The summed E-state index contributed by atoms with van der Waals surface area (Å²) in [5, 5.41) is 0. The predicted molar refractivity (Wildman–Crippen MR) is 157 cm³/mol. The monoisotopic (exact) mass is 512 g/mol. The Kier molecular flexibility index (Phi) is 8.15. The number of morpholine rings is 1. The molecule has 0 N–H and O–H groups in total. The molecule has 2 aromatic carbocycles. The van der Waals surface area contributed by atoms with Crippen LogP contribution in [0.25, 0.3) is 11.4 Å². The maximum Gasteiger partial charge on any atom is 0.162 e. The first kappa shape index (κ1) is 26.8. The average Bonchev–Trinajstić information content (AvgIpc) is 2.92. The Labute approximate surface area is 229 Å². The SMILES string of the molecule is CCc1cccc(CC)c1-c1nc(C)c(CN(C)[C@H]2CCCc3ccccc32)c(N2CC(C)OC(C)C2)n1. The molecule has 2 aliphatic rings. The molecule has 0 saturated carbocycles. The maximum atomic E-state index is 6.12. The van der Waals surface area contributed by atoms with Crippen molar-refractivity contribution in [2.24, 2.45) is 0 Å². The Morgan fingerprint density at radius 1 is 0.947 bits per heavy atom. The second kappa shape index (κ2) is 11.5. The lowest BCUT2D eigenvalue weighted by Gasteiger charge is -2.38. The number of hydrogen-bond acceptors (Lipinski definition) is 5. The Hall–Kier alpha value is -2.76. The van der Waals surface area contributed by atoms with E-state index in [1.165, 1.54) is 52.6 Å². The number of ether oxygens (including phenoxy) is 1. The highest BCUT2D eigenvalue weighted by atomic mass is 16.5. The first-order chi connectivity index (χ1) is 18.4. The van der Waals surface area contributed by atoms with Gasteiger partial charge < -0.3 is 9.64 Å². The van der Waals surface area contributed by atoms with E-state index in [1.54, 1.807) is 0 Å². The molecular weight excluding hydrogens is 468 g/mol. The summed E-state index contributed by atoms with van der Waals surface area (Å²) in [7, 11) is 2.27. The maximum absolute atomic E-state index is 6.12. The van der Waals surface area contributed by atoms with Gasteiger partial charge in [-0.1, -0.05) is 56.3 Å². The third-order valence-corrected chi connectivity index (χ3v) is 8.41. The van der Waals surface area contributed by atoms with Crippen LogP contribution in [-0.2, 0) is 30.5 Å². The number of hydrogen-bond donors (Lipinski definition) is 0. The van der Waals surface area contributed by atoms with Gasteiger partial charge in [0, 0.05) is 42.5 Å². The van der Waals surface area contributed by atoms with Gasteiger partial charge in [0.25, 0.3) is 0 Å². The molecule has 3 aromatic rings. The Bertz CT molecular complexity index is 1240. The molecule has 202 valence electrons. The van der Waals surface area contributed by atoms with Crippen molar-refractivity contribution in [3.8, 4) is 11.4 Å². The van der Waals surface area contributed by atoms with E-state index >= 15 is 0 Å². The number of rotatable bonds is 7. The van der Waals surface area contributed by atoms with Crippen molar-refractivity contribution in [1.82, 2.24) is 14.9 Å². The summed E-state index contributed by atoms with van der Waals surface area (Å²) >= 11 is 0. The van der Waals surface area contributed by atoms with Crippen LogP contribution in [0.2, 0.25) is 0 Å². The zero-order chi connectivity index (χ0) is 26.8. The van der Waals surface area contributed by atoms with E-state index < -0.39 is 0 Å². The number of aromatic nitrogens is 2. The van der Waals surface area contributed by atoms with Gasteiger partial charge in [0.15, 0.2) is 5.82 Å². The van der Waals surface area contributed by atoms with Crippen molar-refractivity contribution in [1.29, 1.82) is 0 Å². The van der Waals surface area contributed by atoms with Crippen LogP contribution in [0.5, 0.6) is 0 Å². The molecule has 5 rings (SSSR count). The van der Waals surface area contributed by atoms with Gasteiger partial charge >= 0.3 is 0 Å². The van der Waals surface area contributed by atoms with Crippen molar-refractivity contribution < 1.29 is 4.74 Å². The number of fused-ring (bicyclic) bond motifs is 1. The summed E-state index contributed by atoms with van der Waals surface area (Å²) in [6.45, 7) is 13.5. The van der Waals surface area contributed by atoms with Crippen LogP contribution in [0.3, 0.4) is 0 Å². The largest absolute Gasteiger partial charge is 0.372 e. The fourth-order valence-corrected chi connectivity index (χ4v) is 6.57. The summed E-state index contributed by atoms with van der Waals surface area (Å²) in [5.74, 6) is 1.95. The summed E-state index contributed by atoms with van der Waals surface area (Å²) in [6, 6.07) is 16.0. The second-order valence-electron chi connectivity index (χ2n) is 11.3. The van der Waals surface area contributed by atoms with Crippen LogP contribution < -0.4 is 4.90 Å². The Morgan fingerprint density at radius 3 is 2.32 bits per heavy atom. The average molecular weight is 513 g/mol. The van der Waals surface area contributed by atoms with Crippen molar-refractivity contribution in [2.75, 3.05) is 25.0 Å².